The molecule has 0 aromatic rings. The third-order valence-corrected chi connectivity index (χ3v) is 3.59. The van der Waals surface area contributed by atoms with Crippen LogP contribution in [0.1, 0.15) is 52.4 Å². The van der Waals surface area contributed by atoms with Crippen LogP contribution in [0.25, 0.3) is 0 Å². The fourth-order valence-electron chi connectivity index (χ4n) is 2.16. The molecule has 1 atom stereocenters. The Kier molecular flexibility index (Phi) is 6.28. The number of hydrogen-bond acceptors (Lipinski definition) is 3. The monoisotopic (exact) mass is 271 g/mol. The predicted molar refractivity (Wildman–Crippen MR) is 71.9 cm³/mol. The van der Waals surface area contributed by atoms with Gasteiger partial charge < -0.3 is 15.2 Å². The highest BCUT2D eigenvalue weighted by Crippen LogP contribution is 2.26. The molecule has 1 amide bonds. The van der Waals surface area contributed by atoms with Crippen molar-refractivity contribution >= 4 is 11.9 Å². The first-order valence-corrected chi connectivity index (χ1v) is 7.02. The molecule has 2 N–H and O–H groups in total. The number of rotatable bonds is 7. The number of carboxylic acid groups (broad SMARTS) is 1. The van der Waals surface area contributed by atoms with Crippen LogP contribution in [0.2, 0.25) is 0 Å². The first-order chi connectivity index (χ1) is 8.91. The quantitative estimate of drug-likeness (QED) is 0.742. The van der Waals surface area contributed by atoms with Gasteiger partial charge in [-0.3, -0.25) is 9.59 Å². The standard InChI is InChI=1S/C14H25NO4/c1-14(2,7-6-12(16)17)8-9-15-13(18)11-5-3-4-10-19-11/h11H,3-10H2,1-2H3,(H,15,18)(H,16,17). The summed E-state index contributed by atoms with van der Waals surface area (Å²) in [4.78, 5) is 22.4. The van der Waals surface area contributed by atoms with E-state index in [0.717, 1.165) is 25.7 Å². The molecule has 0 saturated carbocycles. The van der Waals surface area contributed by atoms with Crippen LogP contribution in [0.15, 0.2) is 0 Å². The van der Waals surface area contributed by atoms with Crippen LogP contribution < -0.4 is 5.32 Å². The Morgan fingerprint density at radius 3 is 2.63 bits per heavy atom. The normalized spacial score (nSPS) is 20.0. The van der Waals surface area contributed by atoms with E-state index in [1.54, 1.807) is 0 Å². The van der Waals surface area contributed by atoms with E-state index in [-0.39, 0.29) is 23.8 Å². The van der Waals surface area contributed by atoms with Crippen LogP contribution in [0, 0.1) is 5.41 Å². The highest BCUT2D eigenvalue weighted by atomic mass is 16.5. The van der Waals surface area contributed by atoms with Crippen LogP contribution in [0.4, 0.5) is 0 Å². The average molecular weight is 271 g/mol. The molecule has 1 heterocycles. The van der Waals surface area contributed by atoms with Crippen molar-refractivity contribution in [1.82, 2.24) is 5.32 Å². The third-order valence-electron chi connectivity index (χ3n) is 3.59. The number of hydrogen-bond donors (Lipinski definition) is 2. The van der Waals surface area contributed by atoms with Gasteiger partial charge in [0.05, 0.1) is 0 Å². The van der Waals surface area contributed by atoms with Gasteiger partial charge in [-0.2, -0.15) is 0 Å². The van der Waals surface area contributed by atoms with Gasteiger partial charge in [0.1, 0.15) is 6.10 Å². The lowest BCUT2D eigenvalue weighted by Gasteiger charge is -2.25. The van der Waals surface area contributed by atoms with E-state index in [4.69, 9.17) is 9.84 Å². The maximum absolute atomic E-state index is 11.8. The highest BCUT2D eigenvalue weighted by molar-refractivity contribution is 5.80. The number of carbonyl (C=O) groups is 2. The average Bonchev–Trinajstić information content (AvgIpc) is 2.37. The molecule has 19 heavy (non-hydrogen) atoms. The summed E-state index contributed by atoms with van der Waals surface area (Å²) >= 11 is 0. The second-order valence-electron chi connectivity index (χ2n) is 5.95. The molecule has 5 nitrogen and oxygen atoms in total. The van der Waals surface area contributed by atoms with Gasteiger partial charge in [0.25, 0.3) is 0 Å². The second kappa shape index (κ2) is 7.48. The van der Waals surface area contributed by atoms with Gasteiger partial charge in [-0.15, -0.1) is 0 Å². The zero-order valence-electron chi connectivity index (χ0n) is 11.9. The topological polar surface area (TPSA) is 75.6 Å². The molecule has 1 aliphatic heterocycles. The number of ether oxygens (including phenoxy) is 1. The van der Waals surface area contributed by atoms with E-state index < -0.39 is 5.97 Å². The summed E-state index contributed by atoms with van der Waals surface area (Å²) in [5.41, 5.74) is -0.0703. The molecule has 0 spiro atoms. The molecule has 0 bridgehead atoms. The van der Waals surface area contributed by atoms with E-state index in [1.807, 2.05) is 13.8 Å². The summed E-state index contributed by atoms with van der Waals surface area (Å²) in [6, 6.07) is 0. The first kappa shape index (κ1) is 16.0. The number of carboxylic acids is 1. The highest BCUT2D eigenvalue weighted by Gasteiger charge is 2.23. The Morgan fingerprint density at radius 1 is 1.32 bits per heavy atom. The van der Waals surface area contributed by atoms with Gasteiger partial charge in [-0.25, -0.2) is 0 Å². The van der Waals surface area contributed by atoms with Crippen molar-refractivity contribution in [2.45, 2.75) is 58.5 Å². The molecule has 1 aliphatic rings. The van der Waals surface area contributed by atoms with Gasteiger partial charge in [0.2, 0.25) is 5.91 Å². The lowest BCUT2D eigenvalue weighted by atomic mass is 9.84. The molecular formula is C14H25NO4. The van der Waals surface area contributed by atoms with Crippen molar-refractivity contribution in [3.8, 4) is 0 Å². The summed E-state index contributed by atoms with van der Waals surface area (Å²) in [5.74, 6) is -0.804. The zero-order valence-corrected chi connectivity index (χ0v) is 11.9. The van der Waals surface area contributed by atoms with Crippen LogP contribution in [-0.2, 0) is 14.3 Å². The molecule has 1 fully saturated rings. The van der Waals surface area contributed by atoms with E-state index in [0.29, 0.717) is 19.6 Å². The van der Waals surface area contributed by atoms with Crippen molar-refractivity contribution in [2.24, 2.45) is 5.41 Å². The molecule has 0 aliphatic carbocycles. The molecule has 110 valence electrons. The molecule has 1 saturated heterocycles. The molecule has 0 aromatic heterocycles. The number of nitrogens with one attached hydrogen (secondary N) is 1. The Bertz CT molecular complexity index is 309. The minimum absolute atomic E-state index is 0.0336. The van der Waals surface area contributed by atoms with Gasteiger partial charge in [-0.1, -0.05) is 13.8 Å². The molecule has 0 radical (unpaired) electrons. The molecular weight excluding hydrogens is 246 g/mol. The van der Waals surface area contributed by atoms with Crippen molar-refractivity contribution in [2.75, 3.05) is 13.2 Å². The minimum atomic E-state index is -0.771. The zero-order chi connectivity index (χ0) is 14.3. The van der Waals surface area contributed by atoms with Crippen molar-refractivity contribution in [3.05, 3.63) is 0 Å². The van der Waals surface area contributed by atoms with Gasteiger partial charge in [-0.05, 0) is 37.5 Å². The Hall–Kier alpha value is -1.10. The fraction of sp³-hybridized carbons (Fsp3) is 0.857. The van der Waals surface area contributed by atoms with Crippen molar-refractivity contribution in [1.29, 1.82) is 0 Å². The summed E-state index contributed by atoms with van der Waals surface area (Å²) in [7, 11) is 0. The third kappa shape index (κ3) is 6.57. The number of carbonyl (C=O) groups excluding carboxylic acids is 1. The SMILES string of the molecule is CC(C)(CCNC(=O)C1CCCCO1)CCC(=O)O. The largest absolute Gasteiger partial charge is 0.481 e. The lowest BCUT2D eigenvalue weighted by Crippen LogP contribution is -2.39. The molecule has 5 heteroatoms. The van der Waals surface area contributed by atoms with Crippen LogP contribution in [0.5, 0.6) is 0 Å². The smallest absolute Gasteiger partial charge is 0.303 e. The van der Waals surface area contributed by atoms with Gasteiger partial charge in [0, 0.05) is 19.6 Å². The fourth-order valence-corrected chi connectivity index (χ4v) is 2.16. The summed E-state index contributed by atoms with van der Waals surface area (Å²) in [6.07, 6.45) is 4.15. The minimum Gasteiger partial charge on any atom is -0.481 e. The molecule has 1 rings (SSSR count). The number of amides is 1. The van der Waals surface area contributed by atoms with Gasteiger partial charge >= 0.3 is 5.97 Å². The van der Waals surface area contributed by atoms with E-state index >= 15 is 0 Å². The van der Waals surface area contributed by atoms with E-state index in [9.17, 15) is 9.59 Å². The van der Waals surface area contributed by atoms with Crippen molar-refractivity contribution < 1.29 is 19.4 Å². The molecule has 1 unspecified atom stereocenters. The predicted octanol–water partition coefficient (Wildman–Crippen LogP) is 1.95. The second-order valence-corrected chi connectivity index (χ2v) is 5.95. The van der Waals surface area contributed by atoms with E-state index in [2.05, 4.69) is 5.32 Å². The lowest BCUT2D eigenvalue weighted by molar-refractivity contribution is -0.138. The van der Waals surface area contributed by atoms with Crippen LogP contribution >= 0.6 is 0 Å². The number of aliphatic carboxylic acids is 1. The summed E-state index contributed by atoms with van der Waals surface area (Å²) in [6.45, 7) is 5.30. The maximum Gasteiger partial charge on any atom is 0.303 e. The first-order valence-electron chi connectivity index (χ1n) is 7.02. The Morgan fingerprint density at radius 2 is 2.05 bits per heavy atom. The van der Waals surface area contributed by atoms with Crippen molar-refractivity contribution in [3.63, 3.8) is 0 Å². The Labute approximate surface area is 114 Å². The van der Waals surface area contributed by atoms with Crippen LogP contribution in [-0.4, -0.2) is 36.2 Å². The molecule has 0 aromatic carbocycles. The van der Waals surface area contributed by atoms with Gasteiger partial charge in [0.15, 0.2) is 0 Å². The summed E-state index contributed by atoms with van der Waals surface area (Å²) < 4.78 is 5.41. The summed E-state index contributed by atoms with van der Waals surface area (Å²) in [5, 5.41) is 11.6. The van der Waals surface area contributed by atoms with E-state index in [1.165, 1.54) is 0 Å². The Balaban J connectivity index is 2.20. The maximum atomic E-state index is 11.8. The van der Waals surface area contributed by atoms with Crippen LogP contribution in [0.3, 0.4) is 0 Å².